The van der Waals surface area contributed by atoms with Crippen molar-refractivity contribution in [3.8, 4) is 11.8 Å². The van der Waals surface area contributed by atoms with E-state index < -0.39 is 0 Å². The zero-order valence-electron chi connectivity index (χ0n) is 10.7. The maximum Gasteiger partial charge on any atom is 0.298 e. The van der Waals surface area contributed by atoms with Crippen molar-refractivity contribution in [3.63, 3.8) is 0 Å². The van der Waals surface area contributed by atoms with Crippen molar-refractivity contribution in [3.05, 3.63) is 36.0 Å². The molecule has 1 aromatic heterocycles. The van der Waals surface area contributed by atoms with Crippen LogP contribution in [-0.2, 0) is 11.2 Å². The van der Waals surface area contributed by atoms with Gasteiger partial charge in [-0.25, -0.2) is 0 Å². The molecule has 1 amide bonds. The van der Waals surface area contributed by atoms with Gasteiger partial charge in [0.15, 0.2) is 0 Å². The molecule has 1 aromatic carbocycles. The fourth-order valence-electron chi connectivity index (χ4n) is 1.93. The highest BCUT2D eigenvalue weighted by atomic mass is 16.2. The van der Waals surface area contributed by atoms with E-state index in [4.69, 9.17) is 0 Å². The SMILES string of the molecule is CC#CC(=O)N(C)CCc1c[nH]c2ccccc12. The summed E-state index contributed by atoms with van der Waals surface area (Å²) in [6, 6.07) is 8.18. The molecule has 0 spiro atoms. The van der Waals surface area contributed by atoms with Gasteiger partial charge in [-0.3, -0.25) is 4.79 Å². The number of H-pyrrole nitrogens is 1. The van der Waals surface area contributed by atoms with Crippen molar-refractivity contribution in [1.29, 1.82) is 0 Å². The number of fused-ring (bicyclic) bond motifs is 1. The summed E-state index contributed by atoms with van der Waals surface area (Å²) in [5.74, 6) is 5.04. The molecule has 0 atom stereocenters. The van der Waals surface area contributed by atoms with Crippen molar-refractivity contribution in [1.82, 2.24) is 9.88 Å². The van der Waals surface area contributed by atoms with Crippen LogP contribution in [0.3, 0.4) is 0 Å². The molecule has 1 heterocycles. The van der Waals surface area contributed by atoms with Crippen LogP contribution >= 0.6 is 0 Å². The zero-order chi connectivity index (χ0) is 13.0. The minimum absolute atomic E-state index is 0.127. The molecule has 0 unspecified atom stereocenters. The third-order valence-corrected chi connectivity index (χ3v) is 2.97. The van der Waals surface area contributed by atoms with E-state index in [1.807, 2.05) is 18.3 Å². The second kappa shape index (κ2) is 5.42. The van der Waals surface area contributed by atoms with E-state index >= 15 is 0 Å². The number of aromatic amines is 1. The number of benzene rings is 1. The highest BCUT2D eigenvalue weighted by molar-refractivity contribution is 5.93. The first kappa shape index (κ1) is 12.3. The number of aromatic nitrogens is 1. The first-order valence-corrected chi connectivity index (χ1v) is 5.95. The summed E-state index contributed by atoms with van der Waals surface area (Å²) in [6.07, 6.45) is 2.84. The Labute approximate surface area is 107 Å². The number of amides is 1. The quantitative estimate of drug-likeness (QED) is 0.820. The lowest BCUT2D eigenvalue weighted by molar-refractivity contribution is -0.123. The number of nitrogens with one attached hydrogen (secondary N) is 1. The van der Waals surface area contributed by atoms with Crippen molar-refractivity contribution >= 4 is 16.8 Å². The first-order valence-electron chi connectivity index (χ1n) is 5.95. The van der Waals surface area contributed by atoms with Crippen LogP contribution in [0.4, 0.5) is 0 Å². The molecule has 2 aromatic rings. The molecular formula is C15H16N2O. The molecule has 0 saturated heterocycles. The van der Waals surface area contributed by atoms with Gasteiger partial charge in [-0.15, -0.1) is 0 Å². The van der Waals surface area contributed by atoms with E-state index in [2.05, 4.69) is 29.0 Å². The minimum atomic E-state index is -0.127. The van der Waals surface area contributed by atoms with E-state index in [1.165, 1.54) is 10.9 Å². The van der Waals surface area contributed by atoms with Crippen molar-refractivity contribution in [2.75, 3.05) is 13.6 Å². The number of rotatable bonds is 3. The minimum Gasteiger partial charge on any atom is -0.361 e. The molecule has 0 aliphatic heterocycles. The van der Waals surface area contributed by atoms with Gasteiger partial charge in [0.25, 0.3) is 5.91 Å². The van der Waals surface area contributed by atoms with E-state index in [0.29, 0.717) is 6.54 Å². The average molecular weight is 240 g/mol. The topological polar surface area (TPSA) is 36.1 Å². The van der Waals surface area contributed by atoms with Crippen LogP contribution in [0, 0.1) is 11.8 Å². The van der Waals surface area contributed by atoms with Crippen LogP contribution in [0.5, 0.6) is 0 Å². The molecule has 0 fully saturated rings. The number of likely N-dealkylation sites (N-methyl/N-ethyl adjacent to an activating group) is 1. The number of carbonyl (C=O) groups is 1. The van der Waals surface area contributed by atoms with Crippen molar-refractivity contribution in [2.24, 2.45) is 0 Å². The van der Waals surface area contributed by atoms with E-state index in [-0.39, 0.29) is 5.91 Å². The standard InChI is InChI=1S/C15H16N2O/c1-3-6-15(18)17(2)10-9-12-11-16-14-8-5-4-7-13(12)14/h4-5,7-8,11,16H,9-10H2,1-2H3. The molecule has 0 saturated carbocycles. The predicted octanol–water partition coefficient (Wildman–Crippen LogP) is 2.19. The Hall–Kier alpha value is -2.21. The maximum atomic E-state index is 11.5. The first-order chi connectivity index (χ1) is 8.72. The Morgan fingerprint density at radius 1 is 1.39 bits per heavy atom. The summed E-state index contributed by atoms with van der Waals surface area (Å²) in [5, 5.41) is 1.22. The normalized spacial score (nSPS) is 9.89. The van der Waals surface area contributed by atoms with Gasteiger partial charge in [-0.2, -0.15) is 0 Å². The van der Waals surface area contributed by atoms with Gasteiger partial charge >= 0.3 is 0 Å². The summed E-state index contributed by atoms with van der Waals surface area (Å²) in [6.45, 7) is 2.35. The van der Waals surface area contributed by atoms with Gasteiger partial charge in [0.2, 0.25) is 0 Å². The van der Waals surface area contributed by atoms with Gasteiger partial charge < -0.3 is 9.88 Å². The maximum absolute atomic E-state index is 11.5. The van der Waals surface area contributed by atoms with Crippen LogP contribution in [0.1, 0.15) is 12.5 Å². The number of hydrogen-bond donors (Lipinski definition) is 1. The summed E-state index contributed by atoms with van der Waals surface area (Å²) in [7, 11) is 1.78. The Bertz CT molecular complexity index is 616. The smallest absolute Gasteiger partial charge is 0.298 e. The third kappa shape index (κ3) is 2.54. The zero-order valence-corrected chi connectivity index (χ0v) is 10.7. The molecule has 1 N–H and O–H groups in total. The Balaban J connectivity index is 2.06. The molecule has 3 heteroatoms. The largest absolute Gasteiger partial charge is 0.361 e. The monoisotopic (exact) mass is 240 g/mol. The highest BCUT2D eigenvalue weighted by Gasteiger charge is 2.07. The van der Waals surface area contributed by atoms with Crippen LogP contribution in [-0.4, -0.2) is 29.4 Å². The van der Waals surface area contributed by atoms with Gasteiger partial charge in [0.1, 0.15) is 0 Å². The van der Waals surface area contributed by atoms with Gasteiger partial charge in [0.05, 0.1) is 0 Å². The second-order valence-corrected chi connectivity index (χ2v) is 4.21. The molecule has 0 aliphatic rings. The molecule has 0 aliphatic carbocycles. The molecular weight excluding hydrogens is 224 g/mol. The fourth-order valence-corrected chi connectivity index (χ4v) is 1.93. The van der Waals surface area contributed by atoms with Crippen LogP contribution in [0.15, 0.2) is 30.5 Å². The predicted molar refractivity (Wildman–Crippen MR) is 73.1 cm³/mol. The lowest BCUT2D eigenvalue weighted by atomic mass is 10.1. The summed E-state index contributed by atoms with van der Waals surface area (Å²) in [5.41, 5.74) is 2.37. The fraction of sp³-hybridized carbons (Fsp3) is 0.267. The van der Waals surface area contributed by atoms with Crippen molar-refractivity contribution in [2.45, 2.75) is 13.3 Å². The number of carbonyl (C=O) groups excluding carboxylic acids is 1. The summed E-state index contributed by atoms with van der Waals surface area (Å²) < 4.78 is 0. The van der Waals surface area contributed by atoms with Gasteiger partial charge in [-0.05, 0) is 30.9 Å². The Kier molecular flexibility index (Phi) is 3.69. The third-order valence-electron chi connectivity index (χ3n) is 2.97. The second-order valence-electron chi connectivity index (χ2n) is 4.21. The van der Waals surface area contributed by atoms with Crippen molar-refractivity contribution < 1.29 is 4.79 Å². The molecule has 18 heavy (non-hydrogen) atoms. The lowest BCUT2D eigenvalue weighted by Gasteiger charge is -2.13. The molecule has 92 valence electrons. The molecule has 0 radical (unpaired) electrons. The molecule has 2 rings (SSSR count). The van der Waals surface area contributed by atoms with E-state index in [1.54, 1.807) is 18.9 Å². The van der Waals surface area contributed by atoms with E-state index in [9.17, 15) is 4.79 Å². The Morgan fingerprint density at radius 2 is 2.17 bits per heavy atom. The molecule has 3 nitrogen and oxygen atoms in total. The van der Waals surface area contributed by atoms with Crippen LogP contribution in [0.25, 0.3) is 10.9 Å². The summed E-state index contributed by atoms with van der Waals surface area (Å²) >= 11 is 0. The van der Waals surface area contributed by atoms with Crippen LogP contribution in [0.2, 0.25) is 0 Å². The lowest BCUT2D eigenvalue weighted by Crippen LogP contribution is -2.27. The van der Waals surface area contributed by atoms with Crippen LogP contribution < -0.4 is 0 Å². The molecule has 0 bridgehead atoms. The summed E-state index contributed by atoms with van der Waals surface area (Å²) in [4.78, 5) is 16.4. The highest BCUT2D eigenvalue weighted by Crippen LogP contribution is 2.18. The van der Waals surface area contributed by atoms with Gasteiger partial charge in [0, 0.05) is 30.7 Å². The Morgan fingerprint density at radius 3 is 2.94 bits per heavy atom. The number of hydrogen-bond acceptors (Lipinski definition) is 1. The average Bonchev–Trinajstić information content (AvgIpc) is 2.79. The number of nitrogens with zero attached hydrogens (tertiary/aromatic N) is 1. The van der Waals surface area contributed by atoms with E-state index in [0.717, 1.165) is 11.9 Å². The van der Waals surface area contributed by atoms with Gasteiger partial charge in [-0.1, -0.05) is 24.1 Å². The number of para-hydroxylation sites is 1.